The lowest BCUT2D eigenvalue weighted by molar-refractivity contribution is -0.202. The van der Waals surface area contributed by atoms with E-state index in [0.717, 1.165) is 5.01 Å². The van der Waals surface area contributed by atoms with E-state index in [1.807, 2.05) is 6.07 Å². The Morgan fingerprint density at radius 1 is 1.43 bits per heavy atom. The first kappa shape index (κ1) is 17.3. The normalized spacial score (nSPS) is 19.2. The molecule has 1 N–H and O–H groups in total. The number of rotatable bonds is 4. The van der Waals surface area contributed by atoms with Crippen molar-refractivity contribution in [2.24, 2.45) is 0 Å². The van der Waals surface area contributed by atoms with E-state index in [0.29, 0.717) is 11.1 Å². The van der Waals surface area contributed by atoms with Crippen LogP contribution < -0.4 is 5.43 Å². The van der Waals surface area contributed by atoms with Gasteiger partial charge in [0.2, 0.25) is 5.91 Å². The van der Waals surface area contributed by atoms with E-state index < -0.39 is 23.7 Å². The molecule has 0 aliphatic carbocycles. The summed E-state index contributed by atoms with van der Waals surface area (Å²) in [5, 5.41) is 9.87. The van der Waals surface area contributed by atoms with Crippen molar-refractivity contribution >= 4 is 5.91 Å². The fourth-order valence-electron chi connectivity index (χ4n) is 2.84. The molecule has 124 valence electrons. The Morgan fingerprint density at radius 2 is 2.13 bits per heavy atom. The van der Waals surface area contributed by atoms with Crippen molar-refractivity contribution in [2.45, 2.75) is 50.9 Å². The van der Waals surface area contributed by atoms with Crippen molar-refractivity contribution in [3.05, 3.63) is 35.4 Å². The van der Waals surface area contributed by atoms with Gasteiger partial charge in [-0.2, -0.15) is 18.4 Å². The van der Waals surface area contributed by atoms with Crippen LogP contribution in [0.15, 0.2) is 24.3 Å². The van der Waals surface area contributed by atoms with Gasteiger partial charge in [0.15, 0.2) is 0 Å². The number of nitrogens with one attached hydrogen (secondary N) is 1. The summed E-state index contributed by atoms with van der Waals surface area (Å²) in [6.07, 6.45) is -4.45. The topological polar surface area (TPSA) is 56.1 Å². The van der Waals surface area contributed by atoms with Crippen LogP contribution in [-0.4, -0.2) is 28.7 Å². The third kappa shape index (κ3) is 4.02. The molecule has 0 bridgehead atoms. The lowest BCUT2D eigenvalue weighted by Gasteiger charge is -2.37. The van der Waals surface area contributed by atoms with E-state index in [-0.39, 0.29) is 19.3 Å². The highest BCUT2D eigenvalue weighted by Gasteiger charge is 2.51. The number of nitrogens with zero attached hydrogens (tertiary/aromatic N) is 2. The summed E-state index contributed by atoms with van der Waals surface area (Å²) in [6, 6.07) is 6.74. The first-order valence-electron chi connectivity index (χ1n) is 7.28. The molecule has 1 aliphatic rings. The zero-order valence-electron chi connectivity index (χ0n) is 12.9. The Kier molecular flexibility index (Phi) is 4.66. The van der Waals surface area contributed by atoms with Gasteiger partial charge < -0.3 is 0 Å². The van der Waals surface area contributed by atoms with E-state index in [4.69, 9.17) is 5.26 Å². The number of aryl methyl sites for hydroxylation is 1. The maximum atomic E-state index is 13.4. The van der Waals surface area contributed by atoms with Crippen LogP contribution in [0.2, 0.25) is 0 Å². The van der Waals surface area contributed by atoms with Crippen LogP contribution in [0.4, 0.5) is 13.2 Å². The molecule has 1 fully saturated rings. The smallest absolute Gasteiger partial charge is 0.288 e. The number of hydrazine groups is 1. The van der Waals surface area contributed by atoms with E-state index >= 15 is 0 Å². The SMILES string of the molecule is CC1(C)CC(=O)NN1C(CCc1cccc(C#N)c1)C(F)(F)F. The Hall–Kier alpha value is -2.07. The van der Waals surface area contributed by atoms with Crippen LogP contribution in [0, 0.1) is 11.3 Å². The molecule has 0 saturated carbocycles. The molecule has 1 heterocycles. The molecule has 1 aromatic carbocycles. The van der Waals surface area contributed by atoms with Gasteiger partial charge in [-0.05, 0) is 44.4 Å². The van der Waals surface area contributed by atoms with Gasteiger partial charge in [0.25, 0.3) is 0 Å². The molecule has 23 heavy (non-hydrogen) atoms. The maximum absolute atomic E-state index is 13.4. The Labute approximate surface area is 132 Å². The van der Waals surface area contributed by atoms with Crippen LogP contribution in [0.1, 0.15) is 37.8 Å². The van der Waals surface area contributed by atoms with Crippen molar-refractivity contribution in [3.8, 4) is 6.07 Å². The number of hydrogen-bond acceptors (Lipinski definition) is 3. The molecule has 1 atom stereocenters. The van der Waals surface area contributed by atoms with E-state index in [1.165, 1.54) is 0 Å². The highest BCUT2D eigenvalue weighted by molar-refractivity contribution is 5.78. The second-order valence-electron chi connectivity index (χ2n) is 6.30. The second kappa shape index (κ2) is 6.20. The average Bonchev–Trinajstić information content (AvgIpc) is 2.71. The van der Waals surface area contributed by atoms with Gasteiger partial charge in [-0.1, -0.05) is 12.1 Å². The average molecular weight is 325 g/mol. The molecule has 7 heteroatoms. The van der Waals surface area contributed by atoms with Crippen LogP contribution in [0.25, 0.3) is 0 Å². The summed E-state index contributed by atoms with van der Waals surface area (Å²) in [5.74, 6) is -0.407. The van der Waals surface area contributed by atoms with Crippen LogP contribution in [0.5, 0.6) is 0 Å². The quantitative estimate of drug-likeness (QED) is 0.926. The third-order valence-corrected chi connectivity index (χ3v) is 3.94. The Bertz CT molecular complexity index is 634. The second-order valence-corrected chi connectivity index (χ2v) is 6.30. The minimum atomic E-state index is -4.46. The van der Waals surface area contributed by atoms with Crippen molar-refractivity contribution in [3.63, 3.8) is 0 Å². The number of carbonyl (C=O) groups is 1. The van der Waals surface area contributed by atoms with Gasteiger partial charge in [0, 0.05) is 12.0 Å². The van der Waals surface area contributed by atoms with Gasteiger partial charge >= 0.3 is 6.18 Å². The molecule has 1 saturated heterocycles. The number of halogens is 3. The van der Waals surface area contributed by atoms with E-state index in [9.17, 15) is 18.0 Å². The summed E-state index contributed by atoms with van der Waals surface area (Å²) in [7, 11) is 0. The Balaban J connectivity index is 2.17. The van der Waals surface area contributed by atoms with Crippen LogP contribution >= 0.6 is 0 Å². The number of nitriles is 1. The van der Waals surface area contributed by atoms with Crippen molar-refractivity contribution < 1.29 is 18.0 Å². The first-order valence-corrected chi connectivity index (χ1v) is 7.28. The van der Waals surface area contributed by atoms with Crippen LogP contribution in [-0.2, 0) is 11.2 Å². The molecular formula is C16H18F3N3O. The van der Waals surface area contributed by atoms with E-state index in [1.54, 1.807) is 38.1 Å². The number of amides is 1. The summed E-state index contributed by atoms with van der Waals surface area (Å²) in [6.45, 7) is 3.22. The molecule has 4 nitrogen and oxygen atoms in total. The molecule has 1 aliphatic heterocycles. The summed E-state index contributed by atoms with van der Waals surface area (Å²) in [5.41, 5.74) is 2.52. The molecule has 1 amide bonds. The van der Waals surface area contributed by atoms with Crippen LogP contribution in [0.3, 0.4) is 0 Å². The molecule has 0 radical (unpaired) electrons. The molecule has 1 aromatic rings. The zero-order chi connectivity index (χ0) is 17.3. The zero-order valence-corrected chi connectivity index (χ0v) is 12.9. The largest absolute Gasteiger partial charge is 0.405 e. The predicted molar refractivity (Wildman–Crippen MR) is 78.0 cm³/mol. The molecule has 2 rings (SSSR count). The van der Waals surface area contributed by atoms with Gasteiger partial charge in [0.1, 0.15) is 6.04 Å². The highest BCUT2D eigenvalue weighted by Crippen LogP contribution is 2.35. The first-order chi connectivity index (χ1) is 10.6. The number of carbonyl (C=O) groups excluding carboxylic acids is 1. The summed E-state index contributed by atoms with van der Waals surface area (Å²) in [4.78, 5) is 11.5. The molecular weight excluding hydrogens is 307 g/mol. The molecule has 1 unspecified atom stereocenters. The predicted octanol–water partition coefficient (Wildman–Crippen LogP) is 2.94. The van der Waals surface area contributed by atoms with Gasteiger partial charge in [-0.15, -0.1) is 0 Å². The Morgan fingerprint density at radius 3 is 2.65 bits per heavy atom. The number of alkyl halides is 3. The number of benzene rings is 1. The molecule has 0 aromatic heterocycles. The molecule has 0 spiro atoms. The van der Waals surface area contributed by atoms with Crippen molar-refractivity contribution in [2.75, 3.05) is 0 Å². The number of hydrogen-bond donors (Lipinski definition) is 1. The third-order valence-electron chi connectivity index (χ3n) is 3.94. The summed E-state index contributed by atoms with van der Waals surface area (Å²) < 4.78 is 40.3. The summed E-state index contributed by atoms with van der Waals surface area (Å²) >= 11 is 0. The lowest BCUT2D eigenvalue weighted by Crippen LogP contribution is -2.56. The van der Waals surface area contributed by atoms with E-state index in [2.05, 4.69) is 5.43 Å². The lowest BCUT2D eigenvalue weighted by atomic mass is 9.97. The van der Waals surface area contributed by atoms with Gasteiger partial charge in [-0.3, -0.25) is 10.2 Å². The fourth-order valence-corrected chi connectivity index (χ4v) is 2.84. The minimum Gasteiger partial charge on any atom is -0.288 e. The fraction of sp³-hybridized carbons (Fsp3) is 0.500. The standard InChI is InChI=1S/C16H18F3N3O/c1-15(2)9-14(23)21-22(15)13(16(17,18)19)7-6-11-4-3-5-12(8-11)10-20/h3-5,8,13H,6-7,9H2,1-2H3,(H,21,23). The monoisotopic (exact) mass is 325 g/mol. The maximum Gasteiger partial charge on any atom is 0.405 e. The highest BCUT2D eigenvalue weighted by atomic mass is 19.4. The van der Waals surface area contributed by atoms with Gasteiger partial charge in [0.05, 0.1) is 11.6 Å². The van der Waals surface area contributed by atoms with Crippen molar-refractivity contribution in [1.29, 1.82) is 5.26 Å². The minimum absolute atomic E-state index is 0.0312. The van der Waals surface area contributed by atoms with Crippen molar-refractivity contribution in [1.82, 2.24) is 10.4 Å². The van der Waals surface area contributed by atoms with Gasteiger partial charge in [-0.25, -0.2) is 5.01 Å².